The molecule has 6 nitrogen and oxygen atoms in total. The van der Waals surface area contributed by atoms with Crippen molar-refractivity contribution >= 4 is 16.2 Å². The highest BCUT2D eigenvalue weighted by atomic mass is 32.2. The van der Waals surface area contributed by atoms with Crippen LogP contribution >= 0.6 is 0 Å². The monoisotopic (exact) mass is 224 g/mol. The molecule has 3 N–H and O–H groups in total. The third-order valence-electron chi connectivity index (χ3n) is 1.14. The number of nitrogens with one attached hydrogen (secondary N) is 2. The van der Waals surface area contributed by atoms with E-state index in [1.54, 1.807) is 20.8 Å². The molecule has 0 bridgehead atoms. The highest BCUT2D eigenvalue weighted by Gasteiger charge is 2.23. The lowest BCUT2D eigenvalue weighted by atomic mass is 10.1. The highest BCUT2D eigenvalue weighted by molar-refractivity contribution is 7.87. The molecule has 0 aliphatic rings. The van der Waals surface area contributed by atoms with Crippen LogP contribution in [0.15, 0.2) is 0 Å². The Morgan fingerprint density at radius 3 is 2.07 bits per heavy atom. The van der Waals surface area contributed by atoms with E-state index in [-0.39, 0.29) is 0 Å². The van der Waals surface area contributed by atoms with Gasteiger partial charge in [-0.3, -0.25) is 4.79 Å². The molecule has 0 unspecified atom stereocenters. The third-order valence-corrected chi connectivity index (χ3v) is 2.69. The minimum absolute atomic E-state index is 0.635. The van der Waals surface area contributed by atoms with Gasteiger partial charge in [0.25, 0.3) is 10.2 Å². The number of hydrogen-bond donors (Lipinski definition) is 3. The Labute approximate surface area is 83.9 Å². The first-order valence-electron chi connectivity index (χ1n) is 4.07. The van der Waals surface area contributed by atoms with Crippen LogP contribution in [0.2, 0.25) is 0 Å². The quantitative estimate of drug-likeness (QED) is 0.610. The summed E-state index contributed by atoms with van der Waals surface area (Å²) in [5.41, 5.74) is -0.635. The number of carbonyl (C=O) groups is 1. The molecule has 0 aromatic heterocycles. The summed E-state index contributed by atoms with van der Waals surface area (Å²) in [6.07, 6.45) is 0. The summed E-state index contributed by atoms with van der Waals surface area (Å²) in [6, 6.07) is -1.14. The van der Waals surface area contributed by atoms with Crippen LogP contribution in [0.1, 0.15) is 27.7 Å². The van der Waals surface area contributed by atoms with E-state index >= 15 is 0 Å². The summed E-state index contributed by atoms with van der Waals surface area (Å²) in [5.74, 6) is -1.22. The zero-order valence-electron chi connectivity index (χ0n) is 8.66. The number of rotatable bonds is 4. The highest BCUT2D eigenvalue weighted by Crippen LogP contribution is 2.00. The molecule has 0 aromatic carbocycles. The van der Waals surface area contributed by atoms with Crippen molar-refractivity contribution < 1.29 is 18.3 Å². The van der Waals surface area contributed by atoms with Crippen molar-refractivity contribution in [3.05, 3.63) is 0 Å². The van der Waals surface area contributed by atoms with Crippen molar-refractivity contribution in [1.29, 1.82) is 0 Å². The largest absolute Gasteiger partial charge is 0.480 e. The van der Waals surface area contributed by atoms with Crippen LogP contribution in [-0.2, 0) is 15.0 Å². The van der Waals surface area contributed by atoms with Crippen molar-refractivity contribution in [2.45, 2.75) is 39.3 Å². The number of carboxylic acid groups (broad SMARTS) is 1. The number of carboxylic acids is 1. The Bertz CT molecular complexity index is 304. The molecule has 0 spiro atoms. The Hall–Kier alpha value is -0.660. The van der Waals surface area contributed by atoms with Crippen molar-refractivity contribution in [2.75, 3.05) is 0 Å². The van der Waals surface area contributed by atoms with E-state index in [4.69, 9.17) is 5.11 Å². The smallest absolute Gasteiger partial charge is 0.321 e. The fourth-order valence-electron chi connectivity index (χ4n) is 0.716. The van der Waals surface area contributed by atoms with Crippen LogP contribution in [0.4, 0.5) is 0 Å². The van der Waals surface area contributed by atoms with Gasteiger partial charge >= 0.3 is 5.97 Å². The molecule has 0 rings (SSSR count). The molecule has 0 aromatic rings. The molecule has 0 saturated carbocycles. The second kappa shape index (κ2) is 4.24. The first-order chi connectivity index (χ1) is 6.03. The van der Waals surface area contributed by atoms with E-state index in [2.05, 4.69) is 4.72 Å². The van der Waals surface area contributed by atoms with Gasteiger partial charge in [0.2, 0.25) is 0 Å². The summed E-state index contributed by atoms with van der Waals surface area (Å²) in [7, 11) is -3.76. The predicted octanol–water partition coefficient (Wildman–Crippen LogP) is -0.318. The zero-order chi connectivity index (χ0) is 11.6. The molecular weight excluding hydrogens is 208 g/mol. The molecule has 14 heavy (non-hydrogen) atoms. The molecule has 84 valence electrons. The van der Waals surface area contributed by atoms with Crippen LogP contribution in [0.5, 0.6) is 0 Å². The molecule has 0 aliphatic heterocycles. The molecule has 7 heteroatoms. The van der Waals surface area contributed by atoms with Gasteiger partial charge in [0.15, 0.2) is 0 Å². The van der Waals surface area contributed by atoms with Gasteiger partial charge in [0, 0.05) is 5.54 Å². The molecule has 0 saturated heterocycles. The molecule has 0 heterocycles. The summed E-state index contributed by atoms with van der Waals surface area (Å²) in [5, 5.41) is 8.49. The molecule has 1 atom stereocenters. The fourth-order valence-corrected chi connectivity index (χ4v) is 2.15. The van der Waals surface area contributed by atoms with Gasteiger partial charge in [-0.2, -0.15) is 17.9 Å². The van der Waals surface area contributed by atoms with Crippen LogP contribution in [-0.4, -0.2) is 31.1 Å². The predicted molar refractivity (Wildman–Crippen MR) is 52.0 cm³/mol. The van der Waals surface area contributed by atoms with Crippen molar-refractivity contribution in [1.82, 2.24) is 9.44 Å². The van der Waals surface area contributed by atoms with E-state index in [0.717, 1.165) is 0 Å². The first-order valence-corrected chi connectivity index (χ1v) is 5.56. The molecule has 0 radical (unpaired) electrons. The van der Waals surface area contributed by atoms with E-state index in [9.17, 15) is 13.2 Å². The fraction of sp³-hybridized carbons (Fsp3) is 0.857. The van der Waals surface area contributed by atoms with Crippen LogP contribution in [0.3, 0.4) is 0 Å². The van der Waals surface area contributed by atoms with Crippen LogP contribution < -0.4 is 9.44 Å². The lowest BCUT2D eigenvalue weighted by Gasteiger charge is -2.21. The molecule has 0 amide bonds. The minimum atomic E-state index is -3.76. The summed E-state index contributed by atoms with van der Waals surface area (Å²) >= 11 is 0. The topological polar surface area (TPSA) is 95.5 Å². The van der Waals surface area contributed by atoms with Crippen molar-refractivity contribution in [3.8, 4) is 0 Å². The van der Waals surface area contributed by atoms with E-state index in [0.29, 0.717) is 0 Å². The lowest BCUT2D eigenvalue weighted by molar-refractivity contribution is -0.138. The number of hydrogen-bond acceptors (Lipinski definition) is 3. The standard InChI is InChI=1S/C7H16N2O4S/c1-5(6(10)11)8-14(12,13)9-7(2,3)4/h5,8-9H,1-4H3,(H,10,11)/t5-/m0/s1. The van der Waals surface area contributed by atoms with Crippen molar-refractivity contribution in [3.63, 3.8) is 0 Å². The second-order valence-corrected chi connectivity index (χ2v) is 5.48. The minimum Gasteiger partial charge on any atom is -0.480 e. The Morgan fingerprint density at radius 1 is 1.36 bits per heavy atom. The normalized spacial score (nSPS) is 15.1. The van der Waals surface area contributed by atoms with E-state index < -0.39 is 27.8 Å². The Balaban J connectivity index is 4.45. The Kier molecular flexibility index (Phi) is 4.04. The zero-order valence-corrected chi connectivity index (χ0v) is 9.47. The van der Waals surface area contributed by atoms with Gasteiger partial charge in [-0.25, -0.2) is 0 Å². The summed E-state index contributed by atoms with van der Waals surface area (Å²) < 4.78 is 26.8. The maximum absolute atomic E-state index is 11.3. The van der Waals surface area contributed by atoms with Gasteiger partial charge < -0.3 is 5.11 Å². The maximum atomic E-state index is 11.3. The molecular formula is C7H16N2O4S. The maximum Gasteiger partial charge on any atom is 0.321 e. The molecule has 0 aliphatic carbocycles. The van der Waals surface area contributed by atoms with E-state index in [1.165, 1.54) is 6.92 Å². The average molecular weight is 224 g/mol. The van der Waals surface area contributed by atoms with Gasteiger partial charge in [-0.15, -0.1) is 0 Å². The summed E-state index contributed by atoms with van der Waals surface area (Å²) in [6.45, 7) is 6.25. The second-order valence-electron chi connectivity index (χ2n) is 4.03. The average Bonchev–Trinajstić information content (AvgIpc) is 1.78. The SMILES string of the molecule is C[C@H](NS(=O)(=O)NC(C)(C)C)C(=O)O. The summed E-state index contributed by atoms with van der Waals surface area (Å²) in [4.78, 5) is 10.4. The van der Waals surface area contributed by atoms with Crippen LogP contribution in [0, 0.1) is 0 Å². The van der Waals surface area contributed by atoms with Crippen LogP contribution in [0.25, 0.3) is 0 Å². The lowest BCUT2D eigenvalue weighted by Crippen LogP contribution is -2.50. The van der Waals surface area contributed by atoms with Gasteiger partial charge in [-0.1, -0.05) is 0 Å². The van der Waals surface area contributed by atoms with Crippen molar-refractivity contribution in [2.24, 2.45) is 0 Å². The first kappa shape index (κ1) is 13.3. The van der Waals surface area contributed by atoms with E-state index in [1.807, 2.05) is 4.72 Å². The third kappa shape index (κ3) is 5.90. The Morgan fingerprint density at radius 2 is 1.79 bits per heavy atom. The van der Waals surface area contributed by atoms with Gasteiger partial charge in [-0.05, 0) is 27.7 Å². The molecule has 0 fully saturated rings. The van der Waals surface area contributed by atoms with Gasteiger partial charge in [0.1, 0.15) is 6.04 Å². The van der Waals surface area contributed by atoms with Gasteiger partial charge in [0.05, 0.1) is 0 Å². The number of aliphatic carboxylic acids is 1.